The van der Waals surface area contributed by atoms with Crippen LogP contribution in [-0.2, 0) is 14.3 Å². The minimum Gasteiger partial charge on any atom is -0.486 e. The van der Waals surface area contributed by atoms with Gasteiger partial charge in [0.1, 0.15) is 13.2 Å². The van der Waals surface area contributed by atoms with Crippen LogP contribution < -0.4 is 14.8 Å². The third-order valence-electron chi connectivity index (χ3n) is 3.93. The minimum atomic E-state index is -0.900. The van der Waals surface area contributed by atoms with Crippen molar-refractivity contribution in [3.63, 3.8) is 0 Å². The molecular weight excluding hydrogens is 366 g/mol. The number of benzene rings is 2. The van der Waals surface area contributed by atoms with Gasteiger partial charge in [0.05, 0.1) is 5.75 Å². The van der Waals surface area contributed by atoms with Gasteiger partial charge in [0, 0.05) is 16.6 Å². The van der Waals surface area contributed by atoms with E-state index in [1.165, 1.54) is 11.8 Å². The van der Waals surface area contributed by atoms with Gasteiger partial charge in [0.15, 0.2) is 17.6 Å². The standard InChI is InChI=1S/C20H21NO5S/c1-13-5-3-4-6-18(13)27-12-19(22)26-14(2)20(23)21-15-7-8-16-17(11-15)25-10-9-24-16/h3-8,11,14H,9-10,12H2,1-2H3,(H,21,23)/t14-/m0/s1. The zero-order chi connectivity index (χ0) is 19.2. The van der Waals surface area contributed by atoms with Crippen LogP contribution in [0, 0.1) is 6.92 Å². The summed E-state index contributed by atoms with van der Waals surface area (Å²) in [4.78, 5) is 25.3. The summed E-state index contributed by atoms with van der Waals surface area (Å²) < 4.78 is 16.2. The minimum absolute atomic E-state index is 0.145. The van der Waals surface area contributed by atoms with Gasteiger partial charge >= 0.3 is 5.97 Å². The molecule has 1 heterocycles. The van der Waals surface area contributed by atoms with Crippen molar-refractivity contribution in [2.24, 2.45) is 0 Å². The van der Waals surface area contributed by atoms with E-state index in [0.717, 1.165) is 10.5 Å². The quantitative estimate of drug-likeness (QED) is 0.605. The van der Waals surface area contributed by atoms with Crippen LogP contribution in [0.3, 0.4) is 0 Å². The average molecular weight is 387 g/mol. The highest BCUT2D eigenvalue weighted by Gasteiger charge is 2.19. The van der Waals surface area contributed by atoms with Crippen LogP contribution in [0.4, 0.5) is 5.69 Å². The number of rotatable bonds is 6. The molecule has 0 radical (unpaired) electrons. The van der Waals surface area contributed by atoms with Crippen LogP contribution >= 0.6 is 11.8 Å². The summed E-state index contributed by atoms with van der Waals surface area (Å²) >= 11 is 1.39. The Hall–Kier alpha value is -2.67. The summed E-state index contributed by atoms with van der Waals surface area (Å²) in [5.41, 5.74) is 1.65. The molecule has 0 aliphatic carbocycles. The van der Waals surface area contributed by atoms with Gasteiger partial charge in [0.25, 0.3) is 5.91 Å². The Bertz CT molecular complexity index is 839. The summed E-state index contributed by atoms with van der Waals surface area (Å²) in [6.45, 7) is 4.50. The van der Waals surface area contributed by atoms with E-state index < -0.39 is 18.0 Å². The number of thioether (sulfide) groups is 1. The Balaban J connectivity index is 1.50. The number of carbonyl (C=O) groups excluding carboxylic acids is 2. The molecular formula is C20H21NO5S. The zero-order valence-electron chi connectivity index (χ0n) is 15.2. The van der Waals surface area contributed by atoms with Gasteiger partial charge in [-0.05, 0) is 37.6 Å². The summed E-state index contributed by atoms with van der Waals surface area (Å²) in [5, 5.41) is 2.72. The van der Waals surface area contributed by atoms with Crippen LogP contribution in [0.25, 0.3) is 0 Å². The second kappa shape index (κ2) is 8.81. The molecule has 0 saturated heterocycles. The van der Waals surface area contributed by atoms with Gasteiger partial charge < -0.3 is 19.5 Å². The molecule has 0 saturated carbocycles. The molecule has 1 atom stereocenters. The van der Waals surface area contributed by atoms with E-state index in [0.29, 0.717) is 30.4 Å². The Morgan fingerprint density at radius 1 is 1.15 bits per heavy atom. The highest BCUT2D eigenvalue weighted by Crippen LogP contribution is 2.32. The van der Waals surface area contributed by atoms with Crippen molar-refractivity contribution in [2.45, 2.75) is 24.8 Å². The van der Waals surface area contributed by atoms with Crippen molar-refractivity contribution >= 4 is 29.3 Å². The molecule has 142 valence electrons. The largest absolute Gasteiger partial charge is 0.486 e. The topological polar surface area (TPSA) is 73.9 Å². The first kappa shape index (κ1) is 19.1. The summed E-state index contributed by atoms with van der Waals surface area (Å²) in [6, 6.07) is 12.9. The Morgan fingerprint density at radius 2 is 1.89 bits per heavy atom. The number of hydrogen-bond donors (Lipinski definition) is 1. The lowest BCUT2D eigenvalue weighted by molar-refractivity contribution is -0.150. The highest BCUT2D eigenvalue weighted by atomic mass is 32.2. The van der Waals surface area contributed by atoms with E-state index in [9.17, 15) is 9.59 Å². The van der Waals surface area contributed by atoms with Crippen molar-refractivity contribution < 1.29 is 23.8 Å². The van der Waals surface area contributed by atoms with E-state index in [1.807, 2.05) is 31.2 Å². The normalized spacial score (nSPS) is 13.6. The van der Waals surface area contributed by atoms with Crippen molar-refractivity contribution in [3.05, 3.63) is 48.0 Å². The predicted octanol–water partition coefficient (Wildman–Crippen LogP) is 3.43. The molecule has 0 unspecified atom stereocenters. The number of ether oxygens (including phenoxy) is 3. The third-order valence-corrected chi connectivity index (χ3v) is 5.08. The van der Waals surface area contributed by atoms with Gasteiger partial charge in [-0.2, -0.15) is 0 Å². The van der Waals surface area contributed by atoms with Crippen LogP contribution in [0.15, 0.2) is 47.4 Å². The fourth-order valence-corrected chi connectivity index (χ4v) is 3.32. The monoisotopic (exact) mass is 387 g/mol. The Morgan fingerprint density at radius 3 is 2.67 bits per heavy atom. The fraction of sp³-hybridized carbons (Fsp3) is 0.300. The van der Waals surface area contributed by atoms with Gasteiger partial charge in [-0.3, -0.25) is 9.59 Å². The number of carbonyl (C=O) groups is 2. The molecule has 2 aromatic rings. The number of aryl methyl sites for hydroxylation is 1. The van der Waals surface area contributed by atoms with Crippen LogP contribution in [0.2, 0.25) is 0 Å². The van der Waals surface area contributed by atoms with Gasteiger partial charge in [-0.15, -0.1) is 11.8 Å². The predicted molar refractivity (Wildman–Crippen MR) is 104 cm³/mol. The smallest absolute Gasteiger partial charge is 0.317 e. The van der Waals surface area contributed by atoms with E-state index >= 15 is 0 Å². The summed E-state index contributed by atoms with van der Waals surface area (Å²) in [7, 11) is 0. The third kappa shape index (κ3) is 5.17. The lowest BCUT2D eigenvalue weighted by Gasteiger charge is -2.19. The lowest BCUT2D eigenvalue weighted by atomic mass is 10.2. The van der Waals surface area contributed by atoms with E-state index in [-0.39, 0.29) is 5.75 Å². The molecule has 0 aromatic heterocycles. The maximum absolute atomic E-state index is 12.3. The lowest BCUT2D eigenvalue weighted by Crippen LogP contribution is -2.30. The summed E-state index contributed by atoms with van der Waals surface area (Å²) in [5.74, 6) is 0.534. The molecule has 2 aromatic carbocycles. The second-order valence-corrected chi connectivity index (χ2v) is 7.05. The number of esters is 1. The first-order valence-electron chi connectivity index (χ1n) is 8.61. The summed E-state index contributed by atoms with van der Waals surface area (Å²) in [6.07, 6.45) is -0.900. The van der Waals surface area contributed by atoms with Crippen LogP contribution in [0.1, 0.15) is 12.5 Å². The number of anilines is 1. The Kier molecular flexibility index (Phi) is 6.24. The van der Waals surface area contributed by atoms with E-state index in [1.54, 1.807) is 25.1 Å². The van der Waals surface area contributed by atoms with E-state index in [4.69, 9.17) is 14.2 Å². The number of fused-ring (bicyclic) bond motifs is 1. The first-order chi connectivity index (χ1) is 13.0. The molecule has 6 nitrogen and oxygen atoms in total. The fourth-order valence-electron chi connectivity index (χ4n) is 2.50. The van der Waals surface area contributed by atoms with Crippen LogP contribution in [0.5, 0.6) is 11.5 Å². The molecule has 27 heavy (non-hydrogen) atoms. The van der Waals surface area contributed by atoms with Crippen molar-refractivity contribution in [1.82, 2.24) is 0 Å². The first-order valence-corrected chi connectivity index (χ1v) is 9.60. The van der Waals surface area contributed by atoms with Gasteiger partial charge in [-0.1, -0.05) is 18.2 Å². The molecule has 7 heteroatoms. The van der Waals surface area contributed by atoms with Gasteiger partial charge in [-0.25, -0.2) is 0 Å². The van der Waals surface area contributed by atoms with Crippen molar-refractivity contribution in [3.8, 4) is 11.5 Å². The number of amides is 1. The maximum Gasteiger partial charge on any atom is 0.317 e. The molecule has 0 bridgehead atoms. The second-order valence-electron chi connectivity index (χ2n) is 6.03. The molecule has 0 spiro atoms. The number of hydrogen-bond acceptors (Lipinski definition) is 6. The number of nitrogens with one attached hydrogen (secondary N) is 1. The molecule has 0 fully saturated rings. The molecule has 1 N–H and O–H groups in total. The average Bonchev–Trinajstić information content (AvgIpc) is 2.67. The zero-order valence-corrected chi connectivity index (χ0v) is 16.0. The van der Waals surface area contributed by atoms with Crippen LogP contribution in [-0.4, -0.2) is 36.9 Å². The maximum atomic E-state index is 12.3. The highest BCUT2D eigenvalue weighted by molar-refractivity contribution is 8.00. The molecule has 1 aliphatic heterocycles. The SMILES string of the molecule is Cc1ccccc1SCC(=O)O[C@@H](C)C(=O)Nc1ccc2c(c1)OCCO2. The molecule has 1 aliphatic rings. The van der Waals surface area contributed by atoms with Crippen molar-refractivity contribution in [1.29, 1.82) is 0 Å². The van der Waals surface area contributed by atoms with Crippen molar-refractivity contribution in [2.75, 3.05) is 24.3 Å². The molecule has 1 amide bonds. The Labute approximate surface area is 162 Å². The van der Waals surface area contributed by atoms with E-state index in [2.05, 4.69) is 5.32 Å². The molecule has 3 rings (SSSR count). The van der Waals surface area contributed by atoms with Gasteiger partial charge in [0.2, 0.25) is 0 Å².